The number of benzene rings is 2. The molecule has 0 saturated carbocycles. The molecule has 0 aliphatic heterocycles. The Morgan fingerprint density at radius 1 is 0.909 bits per heavy atom. The van der Waals surface area contributed by atoms with E-state index in [9.17, 15) is 22.4 Å². The van der Waals surface area contributed by atoms with Crippen LogP contribution in [0.3, 0.4) is 0 Å². The van der Waals surface area contributed by atoms with Crippen LogP contribution in [-0.2, 0) is 4.74 Å². The summed E-state index contributed by atoms with van der Waals surface area (Å²) in [7, 11) is 0.855. The SMILES string of the molecule is COC(=O)c1c(F)c(F)c(-c2ccc(C)c(C)c2)c(F)c1F. The number of ether oxygens (including phenoxy) is 1. The predicted octanol–water partition coefficient (Wildman–Crippen LogP) is 4.31. The van der Waals surface area contributed by atoms with Crippen LogP contribution in [-0.4, -0.2) is 13.1 Å². The van der Waals surface area contributed by atoms with Crippen molar-refractivity contribution in [2.75, 3.05) is 7.11 Å². The Labute approximate surface area is 124 Å². The fourth-order valence-electron chi connectivity index (χ4n) is 2.06. The quantitative estimate of drug-likeness (QED) is 0.469. The highest BCUT2D eigenvalue weighted by Crippen LogP contribution is 2.33. The highest BCUT2D eigenvalue weighted by Gasteiger charge is 2.30. The van der Waals surface area contributed by atoms with E-state index in [1.54, 1.807) is 19.9 Å². The van der Waals surface area contributed by atoms with E-state index < -0.39 is 40.4 Å². The van der Waals surface area contributed by atoms with Gasteiger partial charge in [-0.15, -0.1) is 0 Å². The van der Waals surface area contributed by atoms with Gasteiger partial charge in [-0.1, -0.05) is 18.2 Å². The van der Waals surface area contributed by atoms with Crippen molar-refractivity contribution in [2.24, 2.45) is 0 Å². The van der Waals surface area contributed by atoms with Crippen molar-refractivity contribution in [1.29, 1.82) is 0 Å². The van der Waals surface area contributed by atoms with Crippen LogP contribution in [0, 0.1) is 37.1 Å². The maximum Gasteiger partial charge on any atom is 0.344 e. The van der Waals surface area contributed by atoms with E-state index in [4.69, 9.17) is 0 Å². The topological polar surface area (TPSA) is 26.3 Å². The molecule has 6 heteroatoms. The molecule has 0 unspecified atom stereocenters. The number of methoxy groups -OCH3 is 1. The first-order valence-corrected chi connectivity index (χ1v) is 6.31. The maximum absolute atomic E-state index is 14.1. The van der Waals surface area contributed by atoms with Crippen molar-refractivity contribution in [3.05, 3.63) is 58.2 Å². The summed E-state index contributed by atoms with van der Waals surface area (Å²) in [5.74, 6) is -8.32. The fourth-order valence-corrected chi connectivity index (χ4v) is 2.06. The van der Waals surface area contributed by atoms with Crippen LogP contribution in [0.1, 0.15) is 21.5 Å². The number of esters is 1. The molecule has 0 aliphatic carbocycles. The van der Waals surface area contributed by atoms with Gasteiger partial charge >= 0.3 is 5.97 Å². The lowest BCUT2D eigenvalue weighted by molar-refractivity contribution is 0.0587. The molecule has 0 aromatic heterocycles. The first-order chi connectivity index (χ1) is 10.3. The van der Waals surface area contributed by atoms with Crippen molar-refractivity contribution >= 4 is 5.97 Å². The normalized spacial score (nSPS) is 10.7. The Hall–Kier alpha value is -2.37. The summed E-state index contributed by atoms with van der Waals surface area (Å²) >= 11 is 0. The van der Waals surface area contributed by atoms with E-state index in [-0.39, 0.29) is 5.56 Å². The molecular formula is C16H12F4O2. The molecule has 2 nitrogen and oxygen atoms in total. The van der Waals surface area contributed by atoms with E-state index in [1.165, 1.54) is 12.1 Å². The van der Waals surface area contributed by atoms with Crippen LogP contribution in [0.25, 0.3) is 11.1 Å². The maximum atomic E-state index is 14.1. The minimum atomic E-state index is -1.78. The van der Waals surface area contributed by atoms with Gasteiger partial charge in [-0.3, -0.25) is 0 Å². The number of hydrogen-bond acceptors (Lipinski definition) is 2. The summed E-state index contributed by atoms with van der Waals surface area (Å²) in [4.78, 5) is 11.3. The van der Waals surface area contributed by atoms with Crippen molar-refractivity contribution in [1.82, 2.24) is 0 Å². The second-order valence-corrected chi connectivity index (χ2v) is 4.80. The zero-order valence-electron chi connectivity index (χ0n) is 12.1. The average molecular weight is 312 g/mol. The summed E-state index contributed by atoms with van der Waals surface area (Å²) < 4.78 is 60.2. The van der Waals surface area contributed by atoms with Gasteiger partial charge in [0.25, 0.3) is 0 Å². The summed E-state index contributed by atoms with van der Waals surface area (Å²) in [6, 6.07) is 4.33. The molecule has 0 atom stereocenters. The largest absolute Gasteiger partial charge is 0.465 e. The van der Waals surface area contributed by atoms with Gasteiger partial charge in [-0.05, 0) is 30.5 Å². The van der Waals surface area contributed by atoms with Crippen LogP contribution in [0.5, 0.6) is 0 Å². The van der Waals surface area contributed by atoms with Crippen molar-refractivity contribution in [3.8, 4) is 11.1 Å². The number of carbonyl (C=O) groups is 1. The van der Waals surface area contributed by atoms with Gasteiger partial charge in [0.15, 0.2) is 23.3 Å². The van der Waals surface area contributed by atoms with E-state index in [1.807, 2.05) is 0 Å². The molecule has 0 heterocycles. The van der Waals surface area contributed by atoms with Crippen molar-refractivity contribution in [2.45, 2.75) is 13.8 Å². The van der Waals surface area contributed by atoms with Crippen LogP contribution < -0.4 is 0 Å². The molecule has 2 aromatic rings. The van der Waals surface area contributed by atoms with E-state index in [0.29, 0.717) is 5.56 Å². The molecule has 0 fully saturated rings. The summed E-state index contributed by atoms with van der Waals surface area (Å²) in [6.07, 6.45) is 0. The number of hydrogen-bond donors (Lipinski definition) is 0. The summed E-state index contributed by atoms with van der Waals surface area (Å²) in [5.41, 5.74) is -0.700. The molecule has 116 valence electrons. The molecule has 2 aromatic carbocycles. The van der Waals surface area contributed by atoms with Gasteiger partial charge in [0, 0.05) is 0 Å². The van der Waals surface area contributed by atoms with Crippen LogP contribution in [0.4, 0.5) is 17.6 Å². The van der Waals surface area contributed by atoms with E-state index in [0.717, 1.165) is 12.7 Å². The third-order valence-corrected chi connectivity index (χ3v) is 3.45. The molecule has 0 radical (unpaired) electrons. The third-order valence-electron chi connectivity index (χ3n) is 3.45. The lowest BCUT2D eigenvalue weighted by atomic mass is 9.97. The highest BCUT2D eigenvalue weighted by atomic mass is 19.2. The minimum absolute atomic E-state index is 0.0210. The third kappa shape index (κ3) is 2.45. The van der Waals surface area contributed by atoms with Gasteiger partial charge in [0.05, 0.1) is 12.7 Å². The molecule has 2 rings (SSSR count). The Morgan fingerprint density at radius 3 is 1.91 bits per heavy atom. The first-order valence-electron chi connectivity index (χ1n) is 6.31. The average Bonchev–Trinajstić information content (AvgIpc) is 2.49. The highest BCUT2D eigenvalue weighted by molar-refractivity contribution is 5.91. The second-order valence-electron chi connectivity index (χ2n) is 4.80. The number of aryl methyl sites for hydroxylation is 2. The Balaban J connectivity index is 2.78. The van der Waals surface area contributed by atoms with Crippen molar-refractivity contribution < 1.29 is 27.1 Å². The smallest absolute Gasteiger partial charge is 0.344 e. The molecule has 0 spiro atoms. The predicted molar refractivity (Wildman–Crippen MR) is 72.5 cm³/mol. The zero-order chi connectivity index (χ0) is 16.6. The van der Waals surface area contributed by atoms with Gasteiger partial charge < -0.3 is 4.74 Å². The van der Waals surface area contributed by atoms with Gasteiger partial charge in [0.2, 0.25) is 0 Å². The van der Waals surface area contributed by atoms with Gasteiger partial charge in [0.1, 0.15) is 5.56 Å². The molecule has 0 bridgehead atoms. The second kappa shape index (κ2) is 5.79. The zero-order valence-corrected chi connectivity index (χ0v) is 12.1. The van der Waals surface area contributed by atoms with Gasteiger partial charge in [-0.25, -0.2) is 22.4 Å². The number of rotatable bonds is 2. The Bertz CT molecular complexity index is 740. The van der Waals surface area contributed by atoms with E-state index in [2.05, 4.69) is 4.74 Å². The Morgan fingerprint density at radius 2 is 1.45 bits per heavy atom. The molecule has 0 N–H and O–H groups in total. The van der Waals surface area contributed by atoms with Crippen LogP contribution in [0.2, 0.25) is 0 Å². The van der Waals surface area contributed by atoms with Crippen molar-refractivity contribution in [3.63, 3.8) is 0 Å². The lowest BCUT2D eigenvalue weighted by Gasteiger charge is -2.12. The molecule has 22 heavy (non-hydrogen) atoms. The summed E-state index contributed by atoms with van der Waals surface area (Å²) in [6.45, 7) is 3.48. The number of halogens is 4. The fraction of sp³-hybridized carbons (Fsp3) is 0.188. The minimum Gasteiger partial charge on any atom is -0.465 e. The molecule has 0 aliphatic rings. The molecule has 0 amide bonds. The summed E-state index contributed by atoms with van der Waals surface area (Å²) in [5, 5.41) is 0. The molecule has 0 saturated heterocycles. The molecular weight excluding hydrogens is 300 g/mol. The monoisotopic (exact) mass is 312 g/mol. The standard InChI is InChI=1S/C16H12F4O2/c1-7-4-5-9(6-8(7)2)10-12(17)14(19)11(16(21)22-3)15(20)13(10)18/h4-6H,1-3H3. The van der Waals surface area contributed by atoms with E-state index >= 15 is 0 Å². The van der Waals surface area contributed by atoms with Gasteiger partial charge in [-0.2, -0.15) is 0 Å². The van der Waals surface area contributed by atoms with Crippen LogP contribution >= 0.6 is 0 Å². The number of carbonyl (C=O) groups excluding carboxylic acids is 1. The lowest BCUT2D eigenvalue weighted by Crippen LogP contribution is -2.13. The Kier molecular flexibility index (Phi) is 4.21. The first kappa shape index (κ1) is 16.0. The van der Waals surface area contributed by atoms with Crippen LogP contribution in [0.15, 0.2) is 18.2 Å².